The molecule has 4 rings (SSSR count). The van der Waals surface area contributed by atoms with Crippen molar-refractivity contribution in [3.63, 3.8) is 0 Å². The molecule has 0 radical (unpaired) electrons. The summed E-state index contributed by atoms with van der Waals surface area (Å²) in [6.45, 7) is 0.540. The standard InChI is InChI=1S/C20H17N5OS/c21-20-24-17(14-6-2-1-3-7-14)15-11-16(27-19(15)25-20)18(26)23-10-8-13-5-4-9-22-12-13/h1-7,9,11-12H,8,10H2,(H,23,26)(H2,21,24,25). The highest BCUT2D eigenvalue weighted by molar-refractivity contribution is 7.20. The summed E-state index contributed by atoms with van der Waals surface area (Å²) in [5, 5.41) is 3.78. The van der Waals surface area contributed by atoms with Crippen LogP contribution in [0.15, 0.2) is 60.9 Å². The number of amides is 1. The molecular weight excluding hydrogens is 358 g/mol. The van der Waals surface area contributed by atoms with E-state index in [-0.39, 0.29) is 11.9 Å². The molecule has 3 N–H and O–H groups in total. The molecule has 7 heteroatoms. The van der Waals surface area contributed by atoms with E-state index < -0.39 is 0 Å². The predicted octanol–water partition coefficient (Wildman–Crippen LogP) is 3.31. The first-order chi connectivity index (χ1) is 13.2. The summed E-state index contributed by atoms with van der Waals surface area (Å²) in [6.07, 6.45) is 4.26. The third kappa shape index (κ3) is 3.78. The minimum Gasteiger partial charge on any atom is -0.368 e. The van der Waals surface area contributed by atoms with Gasteiger partial charge < -0.3 is 11.1 Å². The number of benzene rings is 1. The van der Waals surface area contributed by atoms with Crippen molar-refractivity contribution in [2.24, 2.45) is 0 Å². The van der Waals surface area contributed by atoms with Gasteiger partial charge in [-0.05, 0) is 24.1 Å². The van der Waals surface area contributed by atoms with Gasteiger partial charge in [0.15, 0.2) is 0 Å². The maximum absolute atomic E-state index is 12.5. The van der Waals surface area contributed by atoms with Gasteiger partial charge in [0.05, 0.1) is 10.6 Å². The van der Waals surface area contributed by atoms with Gasteiger partial charge in [0, 0.05) is 29.9 Å². The molecule has 0 aliphatic heterocycles. The highest BCUT2D eigenvalue weighted by Gasteiger charge is 2.16. The second kappa shape index (κ2) is 7.51. The monoisotopic (exact) mass is 375 g/mol. The quantitative estimate of drug-likeness (QED) is 0.558. The summed E-state index contributed by atoms with van der Waals surface area (Å²) in [4.78, 5) is 26.6. The summed E-state index contributed by atoms with van der Waals surface area (Å²) >= 11 is 1.32. The zero-order valence-corrected chi connectivity index (χ0v) is 15.2. The lowest BCUT2D eigenvalue weighted by molar-refractivity contribution is 0.0958. The van der Waals surface area contributed by atoms with E-state index in [0.29, 0.717) is 16.3 Å². The van der Waals surface area contributed by atoms with Crippen molar-refractivity contribution in [2.75, 3.05) is 12.3 Å². The summed E-state index contributed by atoms with van der Waals surface area (Å²) < 4.78 is 0. The molecule has 3 aromatic heterocycles. The van der Waals surface area contributed by atoms with E-state index in [1.165, 1.54) is 11.3 Å². The number of hydrogen-bond donors (Lipinski definition) is 2. The molecule has 134 valence electrons. The van der Waals surface area contributed by atoms with Crippen molar-refractivity contribution in [2.45, 2.75) is 6.42 Å². The Balaban J connectivity index is 1.57. The largest absolute Gasteiger partial charge is 0.368 e. The Morgan fingerprint density at radius 3 is 2.74 bits per heavy atom. The lowest BCUT2D eigenvalue weighted by atomic mass is 10.1. The van der Waals surface area contributed by atoms with Crippen LogP contribution >= 0.6 is 11.3 Å². The van der Waals surface area contributed by atoms with E-state index in [9.17, 15) is 4.79 Å². The molecule has 4 aromatic rings. The number of fused-ring (bicyclic) bond motifs is 1. The van der Waals surface area contributed by atoms with Crippen molar-refractivity contribution in [1.29, 1.82) is 0 Å². The van der Waals surface area contributed by atoms with Gasteiger partial charge in [-0.15, -0.1) is 11.3 Å². The Morgan fingerprint density at radius 2 is 1.96 bits per heavy atom. The van der Waals surface area contributed by atoms with E-state index in [0.717, 1.165) is 28.6 Å². The van der Waals surface area contributed by atoms with Crippen LogP contribution in [0.3, 0.4) is 0 Å². The average Bonchev–Trinajstić information content (AvgIpc) is 3.13. The Labute approximate surface area is 160 Å². The maximum atomic E-state index is 12.5. The van der Waals surface area contributed by atoms with Crippen LogP contribution in [0.4, 0.5) is 5.95 Å². The summed E-state index contributed by atoms with van der Waals surface area (Å²) in [5.74, 6) is 0.0752. The highest BCUT2D eigenvalue weighted by Crippen LogP contribution is 2.32. The van der Waals surface area contributed by atoms with E-state index in [1.54, 1.807) is 12.4 Å². The second-order valence-corrected chi connectivity index (χ2v) is 7.02. The molecule has 0 atom stereocenters. The van der Waals surface area contributed by atoms with Gasteiger partial charge in [0.25, 0.3) is 5.91 Å². The third-order valence-corrected chi connectivity index (χ3v) is 5.13. The van der Waals surface area contributed by atoms with E-state index in [1.807, 2.05) is 48.5 Å². The van der Waals surface area contributed by atoms with Crippen molar-refractivity contribution in [3.05, 3.63) is 71.4 Å². The van der Waals surface area contributed by atoms with Gasteiger partial charge in [-0.3, -0.25) is 9.78 Å². The molecule has 0 bridgehead atoms. The Bertz CT molecular complexity index is 1080. The van der Waals surface area contributed by atoms with Gasteiger partial charge in [-0.25, -0.2) is 9.97 Å². The Hall–Kier alpha value is -3.32. The second-order valence-electron chi connectivity index (χ2n) is 5.99. The zero-order valence-electron chi connectivity index (χ0n) is 14.4. The Kier molecular flexibility index (Phi) is 4.76. The molecule has 0 saturated heterocycles. The number of nitrogens with two attached hydrogens (primary N) is 1. The lowest BCUT2D eigenvalue weighted by Gasteiger charge is -2.03. The van der Waals surface area contributed by atoms with Crippen molar-refractivity contribution in [1.82, 2.24) is 20.3 Å². The molecule has 6 nitrogen and oxygen atoms in total. The van der Waals surface area contributed by atoms with Crippen LogP contribution in [0, 0.1) is 0 Å². The number of carbonyl (C=O) groups is 1. The summed E-state index contributed by atoms with van der Waals surface area (Å²) in [7, 11) is 0. The minimum absolute atomic E-state index is 0.125. The number of nitrogens with zero attached hydrogens (tertiary/aromatic N) is 3. The number of nitrogen functional groups attached to an aromatic ring is 1. The fourth-order valence-corrected chi connectivity index (χ4v) is 3.77. The fraction of sp³-hybridized carbons (Fsp3) is 0.100. The smallest absolute Gasteiger partial charge is 0.261 e. The number of carbonyl (C=O) groups excluding carboxylic acids is 1. The van der Waals surface area contributed by atoms with Crippen LogP contribution < -0.4 is 11.1 Å². The number of thiophene rings is 1. The number of nitrogens with one attached hydrogen (secondary N) is 1. The highest BCUT2D eigenvalue weighted by atomic mass is 32.1. The van der Waals surface area contributed by atoms with Crippen LogP contribution in [0.5, 0.6) is 0 Å². The van der Waals surface area contributed by atoms with E-state index in [4.69, 9.17) is 5.73 Å². The molecule has 3 heterocycles. The summed E-state index contributed by atoms with van der Waals surface area (Å²) in [5.41, 5.74) is 8.63. The number of pyridine rings is 1. The molecular formula is C20H17N5OS. The molecule has 0 spiro atoms. The first-order valence-corrected chi connectivity index (χ1v) is 9.32. The molecule has 0 aliphatic rings. The molecule has 1 amide bonds. The van der Waals surface area contributed by atoms with Crippen LogP contribution in [0.25, 0.3) is 21.5 Å². The predicted molar refractivity (Wildman–Crippen MR) is 108 cm³/mol. The first-order valence-electron chi connectivity index (χ1n) is 8.50. The SMILES string of the molecule is Nc1nc(-c2ccccc2)c2cc(C(=O)NCCc3cccnc3)sc2n1. The van der Waals surface area contributed by atoms with Gasteiger partial charge in [-0.2, -0.15) is 0 Å². The first kappa shape index (κ1) is 17.1. The van der Waals surface area contributed by atoms with Crippen molar-refractivity contribution >= 4 is 33.4 Å². The summed E-state index contributed by atoms with van der Waals surface area (Å²) in [6, 6.07) is 15.5. The number of rotatable bonds is 5. The average molecular weight is 375 g/mol. The minimum atomic E-state index is -0.125. The number of anilines is 1. The normalized spacial score (nSPS) is 10.8. The van der Waals surface area contributed by atoms with E-state index in [2.05, 4.69) is 20.3 Å². The third-order valence-electron chi connectivity index (χ3n) is 4.10. The molecule has 0 unspecified atom stereocenters. The van der Waals surface area contributed by atoms with Gasteiger partial charge >= 0.3 is 0 Å². The van der Waals surface area contributed by atoms with Crippen LogP contribution in [0.1, 0.15) is 15.2 Å². The van der Waals surface area contributed by atoms with Crippen molar-refractivity contribution < 1.29 is 4.79 Å². The lowest BCUT2D eigenvalue weighted by Crippen LogP contribution is -2.24. The van der Waals surface area contributed by atoms with Crippen LogP contribution in [-0.4, -0.2) is 27.4 Å². The molecule has 1 aromatic carbocycles. The topological polar surface area (TPSA) is 93.8 Å². The van der Waals surface area contributed by atoms with Crippen LogP contribution in [-0.2, 0) is 6.42 Å². The van der Waals surface area contributed by atoms with Crippen LogP contribution in [0.2, 0.25) is 0 Å². The van der Waals surface area contributed by atoms with E-state index >= 15 is 0 Å². The van der Waals surface area contributed by atoms with Gasteiger partial charge in [0.1, 0.15) is 4.83 Å². The van der Waals surface area contributed by atoms with Gasteiger partial charge in [0.2, 0.25) is 5.95 Å². The molecule has 0 fully saturated rings. The molecule has 0 aliphatic carbocycles. The zero-order chi connectivity index (χ0) is 18.6. The molecule has 27 heavy (non-hydrogen) atoms. The Morgan fingerprint density at radius 1 is 1.11 bits per heavy atom. The number of hydrogen-bond acceptors (Lipinski definition) is 6. The van der Waals surface area contributed by atoms with Crippen molar-refractivity contribution in [3.8, 4) is 11.3 Å². The number of aromatic nitrogens is 3. The maximum Gasteiger partial charge on any atom is 0.261 e. The fourth-order valence-electron chi connectivity index (χ4n) is 2.82. The van der Waals surface area contributed by atoms with Gasteiger partial charge in [-0.1, -0.05) is 36.4 Å². The molecule has 0 saturated carbocycles.